The van der Waals surface area contributed by atoms with Gasteiger partial charge in [0, 0.05) is 33.7 Å². The number of thioether (sulfide) groups is 1. The summed E-state index contributed by atoms with van der Waals surface area (Å²) in [6.07, 6.45) is 0. The largest absolute Gasteiger partial charge is 0.484 e. The molecule has 42 heavy (non-hydrogen) atoms. The highest BCUT2D eigenvalue weighted by Gasteiger charge is 2.23. The molecule has 5 rings (SSSR count). The van der Waals surface area contributed by atoms with E-state index >= 15 is 0 Å². The van der Waals surface area contributed by atoms with Gasteiger partial charge in [-0.1, -0.05) is 60.7 Å². The first-order valence-corrected chi connectivity index (χ1v) is 14.5. The van der Waals surface area contributed by atoms with E-state index in [1.807, 2.05) is 60.7 Å². The van der Waals surface area contributed by atoms with Crippen molar-refractivity contribution >= 4 is 51.4 Å². The molecule has 0 aliphatic rings. The van der Waals surface area contributed by atoms with Crippen molar-refractivity contribution < 1.29 is 19.2 Å². The molecule has 2 N–H and O–H groups in total. The van der Waals surface area contributed by atoms with Crippen LogP contribution in [0.4, 0.5) is 16.5 Å². The first-order valence-electron chi connectivity index (χ1n) is 12.8. The summed E-state index contributed by atoms with van der Waals surface area (Å²) in [7, 11) is 0. The molecule has 5 aromatic rings. The number of aromatic nitrogens is 1. The third-order valence-corrected chi connectivity index (χ3v) is 7.96. The molecule has 1 atom stereocenters. The number of nitro benzene ring substituents is 1. The van der Waals surface area contributed by atoms with Crippen LogP contribution in [-0.4, -0.2) is 28.3 Å². The highest BCUT2D eigenvalue weighted by atomic mass is 32.2. The standard InChI is InChI=1S/C31H24N4O5S2/c36-28(19-40-25-12-5-2-6-13-25)32-23-14-16-26(17-15-23)42-29(21-8-3-1-4-9-21)30(37)34-31-33-27(20-41-31)22-10-7-11-24(18-22)35(38)39/h1-18,20,29H,19H2,(H,32,36)(H,33,34,37). The summed E-state index contributed by atoms with van der Waals surface area (Å²) in [4.78, 5) is 41.8. The molecule has 1 aromatic heterocycles. The van der Waals surface area contributed by atoms with Gasteiger partial charge in [-0.15, -0.1) is 23.1 Å². The van der Waals surface area contributed by atoms with Gasteiger partial charge in [0.25, 0.3) is 11.6 Å². The summed E-state index contributed by atoms with van der Waals surface area (Å²) in [6.45, 7) is -0.115. The first-order chi connectivity index (χ1) is 20.4. The zero-order valence-corrected chi connectivity index (χ0v) is 23.6. The predicted octanol–water partition coefficient (Wildman–Crippen LogP) is 7.21. The Hall–Kier alpha value is -5.00. The third-order valence-electron chi connectivity index (χ3n) is 5.93. The molecule has 0 bridgehead atoms. The molecular formula is C31H24N4O5S2. The number of carbonyl (C=O) groups is 2. The van der Waals surface area contributed by atoms with E-state index in [2.05, 4.69) is 15.6 Å². The minimum atomic E-state index is -0.587. The van der Waals surface area contributed by atoms with E-state index < -0.39 is 10.2 Å². The van der Waals surface area contributed by atoms with E-state index in [4.69, 9.17) is 4.74 Å². The number of ether oxygens (including phenoxy) is 1. The number of hydrogen-bond donors (Lipinski definition) is 2. The Morgan fingerprint density at radius 3 is 2.33 bits per heavy atom. The van der Waals surface area contributed by atoms with E-state index in [0.717, 1.165) is 10.5 Å². The van der Waals surface area contributed by atoms with E-state index in [0.29, 0.717) is 27.8 Å². The number of rotatable bonds is 11. The Labute approximate surface area is 249 Å². The van der Waals surface area contributed by atoms with Gasteiger partial charge in [0.15, 0.2) is 11.7 Å². The fraction of sp³-hybridized carbons (Fsp3) is 0.0645. The quantitative estimate of drug-likeness (QED) is 0.0938. The lowest BCUT2D eigenvalue weighted by atomic mass is 10.1. The molecule has 2 amide bonds. The van der Waals surface area contributed by atoms with Gasteiger partial charge in [-0.25, -0.2) is 4.98 Å². The van der Waals surface area contributed by atoms with Crippen molar-refractivity contribution in [2.24, 2.45) is 0 Å². The number of thiazole rings is 1. The number of nitro groups is 1. The van der Waals surface area contributed by atoms with E-state index in [1.54, 1.807) is 41.8 Å². The van der Waals surface area contributed by atoms with Crippen molar-refractivity contribution in [3.8, 4) is 17.0 Å². The van der Waals surface area contributed by atoms with Gasteiger partial charge < -0.3 is 15.4 Å². The number of nitrogens with zero attached hydrogens (tertiary/aromatic N) is 2. The van der Waals surface area contributed by atoms with Crippen molar-refractivity contribution in [2.45, 2.75) is 10.1 Å². The lowest BCUT2D eigenvalue weighted by Crippen LogP contribution is -2.20. The maximum absolute atomic E-state index is 13.5. The number of carbonyl (C=O) groups excluding carboxylic acids is 2. The van der Waals surface area contributed by atoms with E-state index in [1.165, 1.54) is 35.2 Å². The molecule has 9 nitrogen and oxygen atoms in total. The Kier molecular flexibility index (Phi) is 9.22. The van der Waals surface area contributed by atoms with Crippen molar-refractivity contribution in [1.29, 1.82) is 0 Å². The highest BCUT2D eigenvalue weighted by molar-refractivity contribution is 8.00. The molecule has 210 valence electrons. The number of nitrogens with one attached hydrogen (secondary N) is 2. The SMILES string of the molecule is O=C(COc1ccccc1)Nc1ccc(SC(C(=O)Nc2nc(-c3cccc([N+](=O)[O-])c3)cs2)c2ccccc2)cc1. The predicted molar refractivity (Wildman–Crippen MR) is 165 cm³/mol. The average Bonchev–Trinajstić information content (AvgIpc) is 3.49. The van der Waals surface area contributed by atoms with Crippen LogP contribution in [0.15, 0.2) is 119 Å². The van der Waals surface area contributed by atoms with Gasteiger partial charge in [-0.2, -0.15) is 0 Å². The van der Waals surface area contributed by atoms with Crippen molar-refractivity contribution in [3.05, 3.63) is 130 Å². The van der Waals surface area contributed by atoms with Gasteiger partial charge in [-0.3, -0.25) is 19.7 Å². The molecule has 1 heterocycles. The molecule has 0 saturated carbocycles. The van der Waals surface area contributed by atoms with Gasteiger partial charge in [0.1, 0.15) is 11.0 Å². The van der Waals surface area contributed by atoms with Crippen molar-refractivity contribution in [1.82, 2.24) is 4.98 Å². The second kappa shape index (κ2) is 13.6. The summed E-state index contributed by atoms with van der Waals surface area (Å²) in [5.74, 6) is 0.0675. The zero-order chi connectivity index (χ0) is 29.3. The minimum absolute atomic E-state index is 0.0299. The molecule has 0 saturated heterocycles. The van der Waals surface area contributed by atoms with Crippen LogP contribution in [0.25, 0.3) is 11.3 Å². The van der Waals surface area contributed by atoms with E-state index in [-0.39, 0.29) is 24.1 Å². The maximum atomic E-state index is 13.5. The minimum Gasteiger partial charge on any atom is -0.484 e. The number of anilines is 2. The fourth-order valence-electron chi connectivity index (χ4n) is 3.93. The Balaban J connectivity index is 1.24. The zero-order valence-electron chi connectivity index (χ0n) is 22.0. The van der Waals surface area contributed by atoms with Gasteiger partial charge in [0.2, 0.25) is 5.91 Å². The summed E-state index contributed by atoms with van der Waals surface area (Å²) >= 11 is 2.61. The van der Waals surface area contributed by atoms with Crippen LogP contribution in [0.3, 0.4) is 0 Å². The van der Waals surface area contributed by atoms with Crippen molar-refractivity contribution in [2.75, 3.05) is 17.2 Å². The highest BCUT2D eigenvalue weighted by Crippen LogP contribution is 2.37. The molecule has 0 aliphatic heterocycles. The topological polar surface area (TPSA) is 123 Å². The second-order valence-corrected chi connectivity index (χ2v) is 11.0. The number of para-hydroxylation sites is 1. The normalized spacial score (nSPS) is 11.3. The van der Waals surface area contributed by atoms with Gasteiger partial charge in [-0.05, 0) is 42.0 Å². The van der Waals surface area contributed by atoms with Gasteiger partial charge in [0.05, 0.1) is 10.6 Å². The lowest BCUT2D eigenvalue weighted by Gasteiger charge is -2.16. The van der Waals surface area contributed by atoms with Crippen LogP contribution in [0.5, 0.6) is 5.75 Å². The van der Waals surface area contributed by atoms with Gasteiger partial charge >= 0.3 is 0 Å². The van der Waals surface area contributed by atoms with Crippen LogP contribution >= 0.6 is 23.1 Å². The van der Waals surface area contributed by atoms with Crippen LogP contribution in [0.2, 0.25) is 0 Å². The first kappa shape index (κ1) is 28.5. The summed E-state index contributed by atoms with van der Waals surface area (Å²) in [5.41, 5.74) is 2.52. The van der Waals surface area contributed by atoms with Crippen LogP contribution < -0.4 is 15.4 Å². The number of benzene rings is 4. The molecule has 0 aliphatic carbocycles. The van der Waals surface area contributed by atoms with Crippen LogP contribution in [0, 0.1) is 10.1 Å². The van der Waals surface area contributed by atoms with Crippen molar-refractivity contribution in [3.63, 3.8) is 0 Å². The number of non-ortho nitro benzene ring substituents is 1. The molecule has 4 aromatic carbocycles. The average molecular weight is 597 g/mol. The second-order valence-electron chi connectivity index (χ2n) is 8.92. The molecule has 11 heteroatoms. The summed E-state index contributed by atoms with van der Waals surface area (Å²) < 4.78 is 5.49. The fourth-order valence-corrected chi connectivity index (χ4v) is 5.68. The number of amides is 2. The summed E-state index contributed by atoms with van der Waals surface area (Å²) in [5, 5.41) is 18.4. The molecule has 0 spiro atoms. The monoisotopic (exact) mass is 596 g/mol. The molecular weight excluding hydrogens is 572 g/mol. The smallest absolute Gasteiger partial charge is 0.270 e. The Bertz CT molecular complexity index is 1680. The number of hydrogen-bond acceptors (Lipinski definition) is 8. The molecule has 0 radical (unpaired) electrons. The molecule has 0 fully saturated rings. The lowest BCUT2D eigenvalue weighted by molar-refractivity contribution is -0.384. The molecule has 1 unspecified atom stereocenters. The Morgan fingerprint density at radius 2 is 1.62 bits per heavy atom. The van der Waals surface area contributed by atoms with Crippen LogP contribution in [0.1, 0.15) is 10.8 Å². The maximum Gasteiger partial charge on any atom is 0.270 e. The van der Waals surface area contributed by atoms with Crippen LogP contribution in [-0.2, 0) is 9.59 Å². The third kappa shape index (κ3) is 7.59. The van der Waals surface area contributed by atoms with E-state index in [9.17, 15) is 19.7 Å². The summed E-state index contributed by atoms with van der Waals surface area (Å²) in [6, 6.07) is 31.9. The Morgan fingerprint density at radius 1 is 0.905 bits per heavy atom.